The fourth-order valence-electron chi connectivity index (χ4n) is 1.34. The lowest BCUT2D eigenvalue weighted by Gasteiger charge is -2.05. The molecule has 0 aliphatic carbocycles. The van der Waals surface area contributed by atoms with Crippen molar-refractivity contribution in [2.45, 2.75) is 6.92 Å². The van der Waals surface area contributed by atoms with Crippen LogP contribution in [-0.2, 0) is 7.05 Å². The van der Waals surface area contributed by atoms with Crippen LogP contribution < -0.4 is 5.32 Å². The van der Waals surface area contributed by atoms with Crippen LogP contribution in [0.1, 0.15) is 5.69 Å². The van der Waals surface area contributed by atoms with Crippen LogP contribution in [0.25, 0.3) is 0 Å². The van der Waals surface area contributed by atoms with E-state index < -0.39 is 0 Å². The standard InChI is InChI=1S/C10H11BrN4/c1-7-10(6-15(2)14-7)13-9-3-4-12-5-8(9)11/h3-6H,1-2H3,(H,12,13). The first kappa shape index (κ1) is 10.2. The van der Waals surface area contributed by atoms with Gasteiger partial charge in [-0.05, 0) is 28.9 Å². The summed E-state index contributed by atoms with van der Waals surface area (Å²) < 4.78 is 2.72. The first-order chi connectivity index (χ1) is 7.16. The molecule has 0 fully saturated rings. The molecule has 0 spiro atoms. The zero-order valence-corrected chi connectivity index (χ0v) is 10.1. The Hall–Kier alpha value is -1.36. The lowest BCUT2D eigenvalue weighted by Crippen LogP contribution is -1.92. The van der Waals surface area contributed by atoms with Gasteiger partial charge in [0.05, 0.1) is 21.5 Å². The molecule has 0 aliphatic heterocycles. The number of nitrogens with one attached hydrogen (secondary N) is 1. The molecule has 0 aliphatic rings. The zero-order valence-electron chi connectivity index (χ0n) is 8.53. The summed E-state index contributed by atoms with van der Waals surface area (Å²) in [6, 6.07) is 1.91. The molecule has 2 aromatic heterocycles. The van der Waals surface area contributed by atoms with E-state index in [0.29, 0.717) is 0 Å². The number of hydrogen-bond donors (Lipinski definition) is 1. The lowest BCUT2D eigenvalue weighted by atomic mass is 10.3. The zero-order chi connectivity index (χ0) is 10.8. The maximum atomic E-state index is 4.26. The van der Waals surface area contributed by atoms with Crippen molar-refractivity contribution in [1.82, 2.24) is 14.8 Å². The summed E-state index contributed by atoms with van der Waals surface area (Å²) >= 11 is 3.43. The Morgan fingerprint density at radius 2 is 2.20 bits per heavy atom. The Labute approximate surface area is 96.5 Å². The molecule has 2 aromatic rings. The summed E-state index contributed by atoms with van der Waals surface area (Å²) in [5, 5.41) is 7.55. The van der Waals surface area contributed by atoms with Gasteiger partial charge in [-0.2, -0.15) is 5.10 Å². The van der Waals surface area contributed by atoms with E-state index in [1.165, 1.54) is 0 Å². The molecule has 78 valence electrons. The molecule has 0 unspecified atom stereocenters. The molecule has 0 bridgehead atoms. The van der Waals surface area contributed by atoms with Gasteiger partial charge < -0.3 is 5.32 Å². The average Bonchev–Trinajstić information content (AvgIpc) is 2.49. The van der Waals surface area contributed by atoms with Crippen LogP contribution >= 0.6 is 15.9 Å². The molecule has 0 atom stereocenters. The number of rotatable bonds is 2. The minimum Gasteiger partial charge on any atom is -0.352 e. The first-order valence-corrected chi connectivity index (χ1v) is 5.33. The number of aryl methyl sites for hydroxylation is 2. The number of halogens is 1. The van der Waals surface area contributed by atoms with Gasteiger partial charge in [-0.3, -0.25) is 9.67 Å². The van der Waals surface area contributed by atoms with E-state index >= 15 is 0 Å². The second-order valence-corrected chi connectivity index (χ2v) is 4.14. The summed E-state index contributed by atoms with van der Waals surface area (Å²) in [7, 11) is 1.90. The van der Waals surface area contributed by atoms with E-state index in [-0.39, 0.29) is 0 Å². The van der Waals surface area contributed by atoms with Crippen LogP contribution in [0.5, 0.6) is 0 Å². The summed E-state index contributed by atoms with van der Waals surface area (Å²) in [5.74, 6) is 0. The number of pyridine rings is 1. The van der Waals surface area contributed by atoms with Gasteiger partial charge in [-0.15, -0.1) is 0 Å². The normalized spacial score (nSPS) is 10.3. The third kappa shape index (κ3) is 2.18. The van der Waals surface area contributed by atoms with E-state index in [2.05, 4.69) is 31.3 Å². The topological polar surface area (TPSA) is 42.7 Å². The van der Waals surface area contributed by atoms with Crippen LogP contribution in [0.2, 0.25) is 0 Å². The quantitative estimate of drug-likeness (QED) is 0.909. The molecule has 1 N–H and O–H groups in total. The number of aromatic nitrogens is 3. The highest BCUT2D eigenvalue weighted by molar-refractivity contribution is 9.10. The fraction of sp³-hybridized carbons (Fsp3) is 0.200. The maximum absolute atomic E-state index is 4.26. The predicted octanol–water partition coefficient (Wildman–Crippen LogP) is 2.63. The SMILES string of the molecule is Cc1nn(C)cc1Nc1ccncc1Br. The fourth-order valence-corrected chi connectivity index (χ4v) is 1.69. The van der Waals surface area contributed by atoms with E-state index in [1.54, 1.807) is 17.1 Å². The molecule has 2 heterocycles. The van der Waals surface area contributed by atoms with Crippen molar-refractivity contribution in [1.29, 1.82) is 0 Å². The predicted molar refractivity (Wildman–Crippen MR) is 63.2 cm³/mol. The van der Waals surface area contributed by atoms with Crippen LogP contribution in [0.15, 0.2) is 29.1 Å². The van der Waals surface area contributed by atoms with Crippen molar-refractivity contribution in [3.05, 3.63) is 34.8 Å². The third-order valence-corrected chi connectivity index (χ3v) is 2.69. The Morgan fingerprint density at radius 3 is 2.80 bits per heavy atom. The van der Waals surface area contributed by atoms with Gasteiger partial charge in [0.1, 0.15) is 0 Å². The molecule has 0 saturated carbocycles. The minimum atomic E-state index is 0.938. The highest BCUT2D eigenvalue weighted by Gasteiger charge is 2.04. The van der Waals surface area contributed by atoms with Gasteiger partial charge in [0.25, 0.3) is 0 Å². The molecule has 0 radical (unpaired) electrons. The molecule has 0 amide bonds. The van der Waals surface area contributed by atoms with Gasteiger partial charge in [-0.1, -0.05) is 0 Å². The Morgan fingerprint density at radius 1 is 1.40 bits per heavy atom. The van der Waals surface area contributed by atoms with E-state index in [4.69, 9.17) is 0 Å². The van der Waals surface area contributed by atoms with Crippen LogP contribution in [0.3, 0.4) is 0 Å². The van der Waals surface area contributed by atoms with Crippen molar-refractivity contribution >= 4 is 27.3 Å². The minimum absolute atomic E-state index is 0.938. The van der Waals surface area contributed by atoms with Gasteiger partial charge in [0.15, 0.2) is 0 Å². The van der Waals surface area contributed by atoms with Crippen LogP contribution in [0, 0.1) is 6.92 Å². The van der Waals surface area contributed by atoms with E-state index in [1.807, 2.05) is 26.2 Å². The summed E-state index contributed by atoms with van der Waals surface area (Å²) in [6.07, 6.45) is 5.45. The van der Waals surface area contributed by atoms with E-state index in [0.717, 1.165) is 21.5 Å². The van der Waals surface area contributed by atoms with Crippen LogP contribution in [-0.4, -0.2) is 14.8 Å². The number of anilines is 2. The molecule has 0 saturated heterocycles. The summed E-state index contributed by atoms with van der Waals surface area (Å²) in [5.41, 5.74) is 2.96. The smallest absolute Gasteiger partial charge is 0.0828 e. The molecule has 0 aromatic carbocycles. The summed E-state index contributed by atoms with van der Waals surface area (Å²) in [6.45, 7) is 1.97. The van der Waals surface area contributed by atoms with Gasteiger partial charge in [-0.25, -0.2) is 0 Å². The van der Waals surface area contributed by atoms with Crippen LogP contribution in [0.4, 0.5) is 11.4 Å². The van der Waals surface area contributed by atoms with Gasteiger partial charge >= 0.3 is 0 Å². The first-order valence-electron chi connectivity index (χ1n) is 4.53. The highest BCUT2D eigenvalue weighted by atomic mass is 79.9. The van der Waals surface area contributed by atoms with Crippen molar-refractivity contribution in [2.75, 3.05) is 5.32 Å². The monoisotopic (exact) mass is 266 g/mol. The highest BCUT2D eigenvalue weighted by Crippen LogP contribution is 2.25. The Kier molecular flexibility index (Phi) is 2.73. The number of hydrogen-bond acceptors (Lipinski definition) is 3. The molecular weight excluding hydrogens is 256 g/mol. The second-order valence-electron chi connectivity index (χ2n) is 3.28. The van der Waals surface area contributed by atoms with E-state index in [9.17, 15) is 0 Å². The Bertz CT molecular complexity index is 478. The third-order valence-electron chi connectivity index (χ3n) is 2.06. The van der Waals surface area contributed by atoms with Crippen molar-refractivity contribution in [3.8, 4) is 0 Å². The van der Waals surface area contributed by atoms with Crippen molar-refractivity contribution in [2.24, 2.45) is 7.05 Å². The van der Waals surface area contributed by atoms with Crippen molar-refractivity contribution < 1.29 is 0 Å². The molecule has 5 heteroatoms. The average molecular weight is 267 g/mol. The second kappa shape index (κ2) is 4.02. The van der Waals surface area contributed by atoms with Gasteiger partial charge in [0, 0.05) is 25.6 Å². The Balaban J connectivity index is 2.29. The molecule has 15 heavy (non-hydrogen) atoms. The largest absolute Gasteiger partial charge is 0.352 e. The molecule has 2 rings (SSSR count). The van der Waals surface area contributed by atoms with Gasteiger partial charge in [0.2, 0.25) is 0 Å². The lowest BCUT2D eigenvalue weighted by molar-refractivity contribution is 0.756. The summed E-state index contributed by atoms with van der Waals surface area (Å²) in [4.78, 5) is 4.01. The maximum Gasteiger partial charge on any atom is 0.0828 e. The molecular formula is C10H11BrN4. The molecule has 4 nitrogen and oxygen atoms in total. The van der Waals surface area contributed by atoms with Crippen molar-refractivity contribution in [3.63, 3.8) is 0 Å². The number of nitrogens with zero attached hydrogens (tertiary/aromatic N) is 3.